The zero-order valence-corrected chi connectivity index (χ0v) is 42.6. The summed E-state index contributed by atoms with van der Waals surface area (Å²) in [5, 5.41) is 23.0. The second-order valence-electron chi connectivity index (χ2n) is 19.6. The van der Waals surface area contributed by atoms with Gasteiger partial charge in [-0.15, -0.1) is 0 Å². The summed E-state index contributed by atoms with van der Waals surface area (Å²) in [4.78, 5) is 24.4. The predicted octanol–water partition coefficient (Wildman–Crippen LogP) is 17.3. The van der Waals surface area contributed by atoms with Crippen LogP contribution in [0.25, 0.3) is 0 Å². The molecule has 6 nitrogen and oxygen atoms in total. The van der Waals surface area contributed by atoms with Gasteiger partial charge in [0.25, 0.3) is 0 Å². The number of carbonyl (C=O) groups is 2. The molecule has 0 bridgehead atoms. The van der Waals surface area contributed by atoms with Crippen LogP contribution < -0.4 is 5.32 Å². The normalized spacial score (nSPS) is 12.6. The summed E-state index contributed by atoms with van der Waals surface area (Å²) in [6.07, 6.45) is 62.4. The molecule has 0 radical (unpaired) electrons. The molecule has 3 N–H and O–H groups in total. The van der Waals surface area contributed by atoms with E-state index in [1.165, 1.54) is 250 Å². The summed E-state index contributed by atoms with van der Waals surface area (Å²) in [5.41, 5.74) is 0. The molecule has 0 rings (SSSR count). The van der Waals surface area contributed by atoms with Crippen LogP contribution in [0.4, 0.5) is 0 Å². The highest BCUT2D eigenvalue weighted by Gasteiger charge is 2.18. The van der Waals surface area contributed by atoms with Crippen LogP contribution in [0.3, 0.4) is 0 Å². The Kier molecular flexibility index (Phi) is 52.0. The lowest BCUT2D eigenvalue weighted by Crippen LogP contribution is -2.45. The van der Waals surface area contributed by atoms with E-state index in [1.54, 1.807) is 6.08 Å². The van der Waals surface area contributed by atoms with Crippen molar-refractivity contribution < 1.29 is 24.5 Å². The molecule has 0 saturated carbocycles. The van der Waals surface area contributed by atoms with E-state index in [1.807, 2.05) is 6.08 Å². The van der Waals surface area contributed by atoms with Gasteiger partial charge >= 0.3 is 5.97 Å². The quantitative estimate of drug-likeness (QED) is 0.0321. The molecule has 6 heteroatoms. The molecule has 1 amide bonds. The van der Waals surface area contributed by atoms with Crippen LogP contribution in [-0.4, -0.2) is 47.4 Å². The second kappa shape index (κ2) is 53.2. The van der Waals surface area contributed by atoms with Crippen LogP contribution in [0.15, 0.2) is 12.2 Å². The molecule has 0 spiro atoms. The summed E-state index contributed by atoms with van der Waals surface area (Å²) in [6.45, 7) is 4.90. The number of ether oxygens (including phenoxy) is 1. The third-order valence-corrected chi connectivity index (χ3v) is 13.3. The van der Waals surface area contributed by atoms with Crippen LogP contribution in [0, 0.1) is 0 Å². The summed E-state index contributed by atoms with van der Waals surface area (Å²) in [6, 6.07) is -0.625. The number of nitrogens with one attached hydrogen (secondary N) is 1. The number of hydrogen-bond donors (Lipinski definition) is 3. The standard InChI is InChI=1S/C57H111NO5/c1-3-5-7-9-11-13-15-30-33-37-41-45-49-55(60)54(53-59)58-56(61)50-46-42-38-34-31-27-25-23-21-19-17-16-18-20-22-24-26-28-32-36-40-44-48-52-63-57(62)51-47-43-39-35-29-14-12-10-8-6-4-2/h45,49,54-55,59-60H,3-44,46-48,50-53H2,1-2H3,(H,58,61)/b49-45+. The number of aliphatic hydroxyl groups is 2. The van der Waals surface area contributed by atoms with Gasteiger partial charge in [-0.2, -0.15) is 0 Å². The predicted molar refractivity (Wildman–Crippen MR) is 273 cm³/mol. The van der Waals surface area contributed by atoms with Crippen LogP contribution in [0.2, 0.25) is 0 Å². The van der Waals surface area contributed by atoms with Crippen molar-refractivity contribution >= 4 is 11.9 Å². The maximum absolute atomic E-state index is 12.4. The van der Waals surface area contributed by atoms with E-state index in [4.69, 9.17) is 4.74 Å². The fourth-order valence-electron chi connectivity index (χ4n) is 8.93. The molecule has 0 aromatic rings. The lowest BCUT2D eigenvalue weighted by atomic mass is 10.0. The van der Waals surface area contributed by atoms with Crippen molar-refractivity contribution in [3.05, 3.63) is 12.2 Å². The maximum atomic E-state index is 12.4. The number of amides is 1. The molecular weight excluding hydrogens is 779 g/mol. The Hall–Kier alpha value is -1.40. The first-order valence-corrected chi connectivity index (χ1v) is 28.5. The van der Waals surface area contributed by atoms with E-state index in [9.17, 15) is 19.8 Å². The van der Waals surface area contributed by atoms with Crippen LogP contribution in [-0.2, 0) is 14.3 Å². The highest BCUT2D eigenvalue weighted by molar-refractivity contribution is 5.76. The first-order valence-electron chi connectivity index (χ1n) is 28.5. The summed E-state index contributed by atoms with van der Waals surface area (Å²) >= 11 is 0. The lowest BCUT2D eigenvalue weighted by molar-refractivity contribution is -0.143. The minimum Gasteiger partial charge on any atom is -0.466 e. The minimum absolute atomic E-state index is 0.0137. The Morgan fingerprint density at radius 3 is 1.08 bits per heavy atom. The van der Waals surface area contributed by atoms with E-state index in [2.05, 4.69) is 19.2 Å². The highest BCUT2D eigenvalue weighted by Crippen LogP contribution is 2.17. The van der Waals surface area contributed by atoms with Crippen molar-refractivity contribution in [3.8, 4) is 0 Å². The molecule has 0 aliphatic carbocycles. The first-order chi connectivity index (χ1) is 31.0. The Morgan fingerprint density at radius 2 is 0.730 bits per heavy atom. The molecule has 0 fully saturated rings. The number of rotatable bonds is 53. The van der Waals surface area contributed by atoms with E-state index in [0.717, 1.165) is 38.5 Å². The molecule has 0 aromatic carbocycles. The molecule has 374 valence electrons. The largest absolute Gasteiger partial charge is 0.466 e. The van der Waals surface area contributed by atoms with Gasteiger partial charge in [-0.25, -0.2) is 0 Å². The van der Waals surface area contributed by atoms with Gasteiger partial charge in [-0.1, -0.05) is 283 Å². The van der Waals surface area contributed by atoms with Gasteiger partial charge in [-0.05, 0) is 32.1 Å². The maximum Gasteiger partial charge on any atom is 0.305 e. The van der Waals surface area contributed by atoms with E-state index >= 15 is 0 Å². The second-order valence-corrected chi connectivity index (χ2v) is 19.6. The zero-order chi connectivity index (χ0) is 45.8. The first kappa shape index (κ1) is 61.6. The molecule has 0 aromatic heterocycles. The minimum atomic E-state index is -0.841. The topological polar surface area (TPSA) is 95.9 Å². The van der Waals surface area contributed by atoms with Crippen molar-refractivity contribution in [1.82, 2.24) is 5.32 Å². The lowest BCUT2D eigenvalue weighted by Gasteiger charge is -2.20. The number of unbranched alkanes of at least 4 members (excludes halogenated alkanes) is 42. The Balaban J connectivity index is 3.37. The summed E-state index contributed by atoms with van der Waals surface area (Å²) in [7, 11) is 0. The Labute approximate surface area is 393 Å². The van der Waals surface area contributed by atoms with E-state index in [0.29, 0.717) is 19.4 Å². The summed E-state index contributed by atoms with van der Waals surface area (Å²) in [5.74, 6) is -0.0533. The van der Waals surface area contributed by atoms with Gasteiger partial charge in [-0.3, -0.25) is 9.59 Å². The van der Waals surface area contributed by atoms with E-state index in [-0.39, 0.29) is 18.5 Å². The number of allylic oxidation sites excluding steroid dienone is 1. The van der Waals surface area contributed by atoms with Crippen molar-refractivity contribution in [2.45, 2.75) is 328 Å². The fraction of sp³-hybridized carbons (Fsp3) is 0.930. The molecular formula is C57H111NO5. The highest BCUT2D eigenvalue weighted by atomic mass is 16.5. The van der Waals surface area contributed by atoms with Gasteiger partial charge in [0.15, 0.2) is 0 Å². The number of carbonyl (C=O) groups excluding carboxylic acids is 2. The number of aliphatic hydroxyl groups excluding tert-OH is 2. The average molecular weight is 891 g/mol. The molecule has 0 aliphatic rings. The SMILES string of the molecule is CCCCCCCCCCCC/C=C/C(O)C(CO)NC(=O)CCCCCCCCCCCCCCCCCCCCCCCCCOC(=O)CCCCCCCCCCCCC. The average Bonchev–Trinajstić information content (AvgIpc) is 3.28. The molecule has 0 aliphatic heterocycles. The van der Waals surface area contributed by atoms with Crippen molar-refractivity contribution in [3.63, 3.8) is 0 Å². The molecule has 0 saturated heterocycles. The van der Waals surface area contributed by atoms with Crippen LogP contribution in [0.5, 0.6) is 0 Å². The van der Waals surface area contributed by atoms with E-state index < -0.39 is 12.1 Å². The van der Waals surface area contributed by atoms with Gasteiger partial charge in [0, 0.05) is 12.8 Å². The third-order valence-electron chi connectivity index (χ3n) is 13.3. The van der Waals surface area contributed by atoms with Gasteiger partial charge in [0.2, 0.25) is 5.91 Å². The summed E-state index contributed by atoms with van der Waals surface area (Å²) < 4.78 is 5.46. The zero-order valence-electron chi connectivity index (χ0n) is 42.6. The smallest absolute Gasteiger partial charge is 0.305 e. The van der Waals surface area contributed by atoms with Crippen LogP contribution >= 0.6 is 0 Å². The number of esters is 1. The Morgan fingerprint density at radius 1 is 0.429 bits per heavy atom. The van der Waals surface area contributed by atoms with Crippen molar-refractivity contribution in [2.24, 2.45) is 0 Å². The van der Waals surface area contributed by atoms with Crippen molar-refractivity contribution in [2.75, 3.05) is 13.2 Å². The van der Waals surface area contributed by atoms with Gasteiger partial charge in [0.05, 0.1) is 25.4 Å². The molecule has 2 atom stereocenters. The van der Waals surface area contributed by atoms with Gasteiger partial charge in [0.1, 0.15) is 0 Å². The third kappa shape index (κ3) is 49.9. The molecule has 0 heterocycles. The fourth-order valence-corrected chi connectivity index (χ4v) is 8.93. The van der Waals surface area contributed by atoms with Crippen molar-refractivity contribution in [1.29, 1.82) is 0 Å². The Bertz CT molecular complexity index is 939. The van der Waals surface area contributed by atoms with Crippen LogP contribution in [0.1, 0.15) is 316 Å². The van der Waals surface area contributed by atoms with Gasteiger partial charge < -0.3 is 20.3 Å². The molecule has 63 heavy (non-hydrogen) atoms. The molecule has 2 unspecified atom stereocenters. The monoisotopic (exact) mass is 890 g/mol. The number of hydrogen-bond acceptors (Lipinski definition) is 5.